The molecule has 0 saturated heterocycles. The van der Waals surface area contributed by atoms with Gasteiger partial charge in [-0.25, -0.2) is 0 Å². The normalized spacial score (nSPS) is 0. The molecule has 0 amide bonds. The van der Waals surface area contributed by atoms with Gasteiger partial charge in [0.15, 0.2) is 0 Å². The first-order valence-corrected chi connectivity index (χ1v) is 0. The zero-order valence-corrected chi connectivity index (χ0v) is 5.56. The van der Waals surface area contributed by atoms with Gasteiger partial charge in [0.1, 0.15) is 0 Å². The fraction of sp³-hybridized carbons (Fsp3) is 0. The predicted octanol–water partition coefficient (Wildman–Crippen LogP) is 0.149. The van der Waals surface area contributed by atoms with Gasteiger partial charge in [-0.2, -0.15) is 0 Å². The van der Waals surface area contributed by atoms with Crippen molar-refractivity contribution in [2.24, 2.45) is 0 Å². The van der Waals surface area contributed by atoms with Crippen molar-refractivity contribution in [3.05, 3.63) is 0 Å². The van der Waals surface area contributed by atoms with E-state index in [0.717, 1.165) is 0 Å². The average molecular weight is 224 g/mol. The van der Waals surface area contributed by atoms with E-state index in [4.69, 9.17) is 0 Å². The monoisotopic (exact) mass is 224 g/mol. The molecule has 0 aliphatic carbocycles. The molecule has 0 aliphatic heterocycles. The van der Waals surface area contributed by atoms with Crippen molar-refractivity contribution in [1.29, 1.82) is 0 Å². The van der Waals surface area contributed by atoms with Gasteiger partial charge in [0, 0.05) is 39.9 Å². The molecule has 0 nitrogen and oxygen atoms in total. The Morgan fingerprint density at radius 2 is 1.00 bits per heavy atom. The van der Waals surface area contributed by atoms with Gasteiger partial charge in [0.25, 0.3) is 0 Å². The second kappa shape index (κ2) is 20.3. The number of halogens is 2. The molecule has 0 aliphatic rings. The molecule has 0 fully saturated rings. The largest absolute Gasteiger partial charge is 2.00 e. The molecular weight excluding hydrogens is 220 g/mol. The Morgan fingerprint density at radius 1 is 1.00 bits per heavy atom. The second-order valence-electron chi connectivity index (χ2n) is 0. The molecule has 0 rings (SSSR count). The Bertz CT molecular complexity index is 11.5. The van der Waals surface area contributed by atoms with Crippen LogP contribution in [0.2, 0.25) is 0 Å². The summed E-state index contributed by atoms with van der Waals surface area (Å²) in [6.45, 7) is 0. The predicted molar refractivity (Wildman–Crippen MR) is 13.0 cm³/mol. The van der Waals surface area contributed by atoms with Gasteiger partial charge in [-0.1, -0.05) is 0 Å². The Labute approximate surface area is 74.3 Å². The van der Waals surface area contributed by atoms with E-state index < -0.39 is 0 Å². The number of hydrogen-bond donors (Lipinski definition) is 0. The van der Waals surface area contributed by atoms with Crippen molar-refractivity contribution >= 4 is 23.1 Å². The molecular formula is H4F2GdMg. The molecule has 0 radical (unpaired) electrons. The molecule has 0 bridgehead atoms. The molecule has 0 saturated carbocycles. The van der Waals surface area contributed by atoms with E-state index in [1.807, 2.05) is 0 Å². The van der Waals surface area contributed by atoms with Crippen LogP contribution in [0.15, 0.2) is 0 Å². The summed E-state index contributed by atoms with van der Waals surface area (Å²) in [6.07, 6.45) is 0. The van der Waals surface area contributed by atoms with Gasteiger partial charge < -0.3 is 2.85 Å². The summed E-state index contributed by atoms with van der Waals surface area (Å²) in [6, 6.07) is 0. The van der Waals surface area contributed by atoms with Crippen LogP contribution in [0.25, 0.3) is 0 Å². The van der Waals surface area contributed by atoms with Crippen molar-refractivity contribution in [3.63, 3.8) is 0 Å². The van der Waals surface area contributed by atoms with Crippen LogP contribution in [0.3, 0.4) is 0 Å². The molecule has 0 aromatic carbocycles. The molecule has 0 unspecified atom stereocenters. The van der Waals surface area contributed by atoms with Crippen LogP contribution in [0, 0.1) is 39.9 Å². The summed E-state index contributed by atoms with van der Waals surface area (Å²) in [7, 11) is 0. The van der Waals surface area contributed by atoms with Gasteiger partial charge in [0.2, 0.25) is 0 Å². The first-order valence-electron chi connectivity index (χ1n) is 0. The quantitative estimate of drug-likeness (QED) is 0.513. The van der Waals surface area contributed by atoms with E-state index in [-0.39, 0.29) is 75.3 Å². The second-order valence-corrected chi connectivity index (χ2v) is 0. The summed E-state index contributed by atoms with van der Waals surface area (Å²) in [5.74, 6) is 0. The zero-order chi connectivity index (χ0) is 0. The SMILES string of the molecule is F.F.[Gd].[H-].[H-].[Mg+2]. The summed E-state index contributed by atoms with van der Waals surface area (Å²) in [4.78, 5) is 0. The van der Waals surface area contributed by atoms with Crippen molar-refractivity contribution in [3.8, 4) is 0 Å². The molecule has 4 heteroatoms. The van der Waals surface area contributed by atoms with E-state index in [9.17, 15) is 0 Å². The smallest absolute Gasteiger partial charge is 1.00 e. The fourth-order valence-electron chi connectivity index (χ4n) is 0. The van der Waals surface area contributed by atoms with Crippen LogP contribution < -0.4 is 0 Å². The Hall–Kier alpha value is 1.95. The van der Waals surface area contributed by atoms with Crippen LogP contribution in [-0.2, 0) is 0 Å². The van der Waals surface area contributed by atoms with Gasteiger partial charge in [-0.15, -0.1) is 0 Å². The van der Waals surface area contributed by atoms with Crippen molar-refractivity contribution in [2.75, 3.05) is 0 Å². The Morgan fingerprint density at radius 3 is 1.00 bits per heavy atom. The van der Waals surface area contributed by atoms with Crippen molar-refractivity contribution in [1.82, 2.24) is 0 Å². The Kier molecular flexibility index (Phi) is 195. The summed E-state index contributed by atoms with van der Waals surface area (Å²) in [5, 5.41) is 0. The van der Waals surface area contributed by atoms with Gasteiger partial charge in [0.05, 0.1) is 0 Å². The average Bonchev–Trinajstić information content (AvgIpc) is 0. The minimum absolute atomic E-state index is 0. The molecule has 0 spiro atoms. The van der Waals surface area contributed by atoms with Gasteiger partial charge >= 0.3 is 23.1 Å². The maximum absolute atomic E-state index is 0. The van der Waals surface area contributed by atoms with Crippen molar-refractivity contribution < 1.29 is 52.2 Å². The maximum Gasteiger partial charge on any atom is 2.00 e. The van der Waals surface area contributed by atoms with Crippen molar-refractivity contribution in [2.45, 2.75) is 0 Å². The third-order valence-corrected chi connectivity index (χ3v) is 0. The van der Waals surface area contributed by atoms with Crippen LogP contribution in [-0.4, -0.2) is 23.1 Å². The number of rotatable bonds is 0. The van der Waals surface area contributed by atoms with Crippen LogP contribution in [0.1, 0.15) is 2.85 Å². The fourth-order valence-corrected chi connectivity index (χ4v) is 0. The Balaban J connectivity index is 0. The third-order valence-electron chi connectivity index (χ3n) is 0. The molecule has 0 heterocycles. The van der Waals surface area contributed by atoms with Crippen LogP contribution >= 0.6 is 0 Å². The molecule has 0 atom stereocenters. The minimum Gasteiger partial charge on any atom is -1.00 e. The zero-order valence-electron chi connectivity index (χ0n) is 3.88. The standard InChI is InChI=1S/2FH.Gd.Mg.2H/h2*1H;;;;/q;;;+2;2*-1. The molecule has 0 aromatic rings. The van der Waals surface area contributed by atoms with Crippen LogP contribution in [0.4, 0.5) is 9.41 Å². The summed E-state index contributed by atoms with van der Waals surface area (Å²) < 4.78 is 0. The summed E-state index contributed by atoms with van der Waals surface area (Å²) in [5.41, 5.74) is 0. The molecule has 4 heavy (non-hydrogen) atoms. The van der Waals surface area contributed by atoms with Gasteiger partial charge in [-0.05, 0) is 0 Å². The third kappa shape index (κ3) is 9.04. The first kappa shape index (κ1) is 38.3. The minimum atomic E-state index is 0. The van der Waals surface area contributed by atoms with E-state index >= 15 is 0 Å². The molecule has 28 valence electrons. The maximum atomic E-state index is 0. The van der Waals surface area contributed by atoms with E-state index in [1.165, 1.54) is 0 Å². The summed E-state index contributed by atoms with van der Waals surface area (Å²) >= 11 is 0. The van der Waals surface area contributed by atoms with E-state index in [0.29, 0.717) is 0 Å². The van der Waals surface area contributed by atoms with E-state index in [1.54, 1.807) is 0 Å². The van der Waals surface area contributed by atoms with Gasteiger partial charge in [-0.3, -0.25) is 9.41 Å². The molecule has 0 N–H and O–H groups in total. The first-order chi connectivity index (χ1) is 0. The topological polar surface area (TPSA) is 0 Å². The molecule has 0 aromatic heterocycles. The number of hydrogen-bond acceptors (Lipinski definition) is 0. The van der Waals surface area contributed by atoms with E-state index in [2.05, 4.69) is 0 Å². The van der Waals surface area contributed by atoms with Crippen LogP contribution in [0.5, 0.6) is 0 Å².